The highest BCUT2D eigenvalue weighted by molar-refractivity contribution is 6.00. The molecule has 0 saturated carbocycles. The molecule has 3 aromatic rings. The molecule has 3 rings (SSSR count). The lowest BCUT2D eigenvalue weighted by Gasteiger charge is -2.14. The summed E-state index contributed by atoms with van der Waals surface area (Å²) in [7, 11) is 1.53. The van der Waals surface area contributed by atoms with Crippen molar-refractivity contribution in [2.24, 2.45) is 0 Å². The summed E-state index contributed by atoms with van der Waals surface area (Å²) in [5.74, 6) is -0.0825. The first-order chi connectivity index (χ1) is 10.3. The SMILES string of the molecule is COC(C(=O)c1ccccc1)c1ccc2ccccc2n1. The van der Waals surface area contributed by atoms with Crippen LogP contribution in [0.5, 0.6) is 0 Å². The van der Waals surface area contributed by atoms with Gasteiger partial charge >= 0.3 is 0 Å². The first-order valence-electron chi connectivity index (χ1n) is 6.77. The number of carbonyl (C=O) groups is 1. The van der Waals surface area contributed by atoms with Crippen LogP contribution in [0.2, 0.25) is 0 Å². The molecule has 0 radical (unpaired) electrons. The Morgan fingerprint density at radius 1 is 0.952 bits per heavy atom. The molecule has 0 fully saturated rings. The zero-order chi connectivity index (χ0) is 14.7. The van der Waals surface area contributed by atoms with Gasteiger partial charge in [-0.3, -0.25) is 4.79 Å². The second-order valence-corrected chi connectivity index (χ2v) is 4.77. The van der Waals surface area contributed by atoms with Gasteiger partial charge in [0.1, 0.15) is 0 Å². The normalized spacial score (nSPS) is 12.2. The molecule has 104 valence electrons. The van der Waals surface area contributed by atoms with Gasteiger partial charge in [-0.1, -0.05) is 54.6 Å². The number of fused-ring (bicyclic) bond motifs is 1. The highest BCUT2D eigenvalue weighted by Crippen LogP contribution is 2.22. The second-order valence-electron chi connectivity index (χ2n) is 4.77. The van der Waals surface area contributed by atoms with E-state index in [0.717, 1.165) is 10.9 Å². The fourth-order valence-electron chi connectivity index (χ4n) is 2.34. The summed E-state index contributed by atoms with van der Waals surface area (Å²) in [5, 5.41) is 1.04. The van der Waals surface area contributed by atoms with Crippen LogP contribution in [-0.4, -0.2) is 17.9 Å². The van der Waals surface area contributed by atoms with Gasteiger partial charge in [-0.05, 0) is 12.1 Å². The van der Waals surface area contributed by atoms with Crippen molar-refractivity contribution in [3.8, 4) is 0 Å². The fourth-order valence-corrected chi connectivity index (χ4v) is 2.34. The summed E-state index contributed by atoms with van der Waals surface area (Å²) in [6.45, 7) is 0. The molecule has 0 saturated heterocycles. The van der Waals surface area contributed by atoms with Crippen molar-refractivity contribution in [2.75, 3.05) is 7.11 Å². The summed E-state index contributed by atoms with van der Waals surface area (Å²) in [4.78, 5) is 17.1. The molecule has 0 aliphatic heterocycles. The van der Waals surface area contributed by atoms with Crippen molar-refractivity contribution in [1.29, 1.82) is 0 Å². The van der Waals surface area contributed by atoms with Crippen molar-refractivity contribution < 1.29 is 9.53 Å². The first kappa shape index (κ1) is 13.5. The Morgan fingerprint density at radius 3 is 2.43 bits per heavy atom. The van der Waals surface area contributed by atoms with Gasteiger partial charge in [0.05, 0.1) is 11.2 Å². The standard InChI is InChI=1S/C18H15NO2/c1-21-18(17(20)14-8-3-2-4-9-14)16-12-11-13-7-5-6-10-15(13)19-16/h2-12,18H,1H3. The van der Waals surface area contributed by atoms with E-state index >= 15 is 0 Å². The van der Waals surface area contributed by atoms with Crippen molar-refractivity contribution >= 4 is 16.7 Å². The molecule has 21 heavy (non-hydrogen) atoms. The molecule has 0 aliphatic rings. The Bertz CT molecular complexity index is 768. The topological polar surface area (TPSA) is 39.2 Å². The van der Waals surface area contributed by atoms with Gasteiger partial charge < -0.3 is 4.74 Å². The van der Waals surface area contributed by atoms with Gasteiger partial charge in [-0.25, -0.2) is 4.98 Å². The molecule has 1 heterocycles. The third-order valence-corrected chi connectivity index (χ3v) is 3.42. The van der Waals surface area contributed by atoms with Crippen LogP contribution in [0.3, 0.4) is 0 Å². The van der Waals surface area contributed by atoms with Crippen molar-refractivity contribution in [3.05, 3.63) is 78.0 Å². The lowest BCUT2D eigenvalue weighted by atomic mass is 10.0. The predicted molar refractivity (Wildman–Crippen MR) is 82.3 cm³/mol. The number of ketones is 1. The van der Waals surface area contributed by atoms with Gasteiger partial charge in [0.25, 0.3) is 0 Å². The minimum atomic E-state index is -0.683. The van der Waals surface area contributed by atoms with E-state index in [2.05, 4.69) is 4.98 Å². The predicted octanol–water partition coefficient (Wildman–Crippen LogP) is 3.81. The summed E-state index contributed by atoms with van der Waals surface area (Å²) in [6.07, 6.45) is -0.683. The highest BCUT2D eigenvalue weighted by Gasteiger charge is 2.22. The first-order valence-corrected chi connectivity index (χ1v) is 6.77. The van der Waals surface area contributed by atoms with Crippen LogP contribution in [-0.2, 0) is 4.74 Å². The van der Waals surface area contributed by atoms with Crippen molar-refractivity contribution in [3.63, 3.8) is 0 Å². The minimum Gasteiger partial charge on any atom is -0.367 e. The molecule has 1 unspecified atom stereocenters. The molecule has 3 heteroatoms. The molecule has 0 amide bonds. The minimum absolute atomic E-state index is 0.0825. The molecule has 0 N–H and O–H groups in total. The molecule has 1 atom stereocenters. The van der Waals surface area contributed by atoms with Crippen LogP contribution in [0.25, 0.3) is 10.9 Å². The van der Waals surface area contributed by atoms with Crippen LogP contribution >= 0.6 is 0 Å². The van der Waals surface area contributed by atoms with Gasteiger partial charge in [0.2, 0.25) is 0 Å². The number of para-hydroxylation sites is 1. The number of hydrogen-bond donors (Lipinski definition) is 0. The highest BCUT2D eigenvalue weighted by atomic mass is 16.5. The van der Waals surface area contributed by atoms with E-state index in [1.165, 1.54) is 7.11 Å². The van der Waals surface area contributed by atoms with E-state index in [1.807, 2.05) is 54.6 Å². The maximum atomic E-state index is 12.5. The average molecular weight is 277 g/mol. The van der Waals surface area contributed by atoms with Crippen molar-refractivity contribution in [1.82, 2.24) is 4.98 Å². The Kier molecular flexibility index (Phi) is 3.75. The lowest BCUT2D eigenvalue weighted by molar-refractivity contribution is 0.0593. The van der Waals surface area contributed by atoms with E-state index in [4.69, 9.17) is 4.74 Å². The third-order valence-electron chi connectivity index (χ3n) is 3.42. The van der Waals surface area contributed by atoms with Gasteiger partial charge in [-0.2, -0.15) is 0 Å². The van der Waals surface area contributed by atoms with Crippen LogP contribution in [0.1, 0.15) is 22.2 Å². The number of benzene rings is 2. The summed E-state index contributed by atoms with van der Waals surface area (Å²) < 4.78 is 5.39. The number of ether oxygens (including phenoxy) is 1. The summed E-state index contributed by atoms with van der Waals surface area (Å²) in [6, 6.07) is 20.8. The number of nitrogens with zero attached hydrogens (tertiary/aromatic N) is 1. The number of rotatable bonds is 4. The number of methoxy groups -OCH3 is 1. The number of carbonyl (C=O) groups excluding carboxylic acids is 1. The molecule has 1 aromatic heterocycles. The zero-order valence-electron chi connectivity index (χ0n) is 11.7. The number of pyridine rings is 1. The number of aromatic nitrogens is 1. The lowest BCUT2D eigenvalue weighted by Crippen LogP contribution is -2.16. The Hall–Kier alpha value is -2.52. The molecule has 2 aromatic carbocycles. The molecule has 3 nitrogen and oxygen atoms in total. The Morgan fingerprint density at radius 2 is 1.67 bits per heavy atom. The van der Waals surface area contributed by atoms with Crippen LogP contribution in [0.4, 0.5) is 0 Å². The number of hydrogen-bond acceptors (Lipinski definition) is 3. The molecular weight excluding hydrogens is 262 g/mol. The van der Waals surface area contributed by atoms with Crippen LogP contribution < -0.4 is 0 Å². The zero-order valence-corrected chi connectivity index (χ0v) is 11.7. The number of Topliss-reactive ketones (excluding diaryl/α,β-unsaturated/α-hetero) is 1. The smallest absolute Gasteiger partial charge is 0.197 e. The second kappa shape index (κ2) is 5.85. The largest absolute Gasteiger partial charge is 0.367 e. The molecule has 0 aliphatic carbocycles. The Balaban J connectivity index is 2.00. The van der Waals surface area contributed by atoms with Gasteiger partial charge in [0, 0.05) is 18.1 Å². The molecule has 0 spiro atoms. The average Bonchev–Trinajstić information content (AvgIpc) is 2.56. The van der Waals surface area contributed by atoms with Gasteiger partial charge in [-0.15, -0.1) is 0 Å². The van der Waals surface area contributed by atoms with E-state index in [-0.39, 0.29) is 5.78 Å². The van der Waals surface area contributed by atoms with Gasteiger partial charge in [0.15, 0.2) is 11.9 Å². The fraction of sp³-hybridized carbons (Fsp3) is 0.111. The van der Waals surface area contributed by atoms with Crippen LogP contribution in [0.15, 0.2) is 66.7 Å². The maximum absolute atomic E-state index is 12.5. The van der Waals surface area contributed by atoms with Crippen LogP contribution in [0, 0.1) is 0 Å². The Labute approximate surface area is 123 Å². The van der Waals surface area contributed by atoms with Crippen molar-refractivity contribution in [2.45, 2.75) is 6.10 Å². The van der Waals surface area contributed by atoms with E-state index in [9.17, 15) is 4.79 Å². The van der Waals surface area contributed by atoms with E-state index in [1.54, 1.807) is 12.1 Å². The molecular formula is C18H15NO2. The maximum Gasteiger partial charge on any atom is 0.197 e. The summed E-state index contributed by atoms with van der Waals surface area (Å²) >= 11 is 0. The van der Waals surface area contributed by atoms with E-state index < -0.39 is 6.10 Å². The quantitative estimate of drug-likeness (QED) is 0.681. The van der Waals surface area contributed by atoms with E-state index in [0.29, 0.717) is 11.3 Å². The monoisotopic (exact) mass is 277 g/mol. The molecule has 0 bridgehead atoms. The summed E-state index contributed by atoms with van der Waals surface area (Å²) in [5.41, 5.74) is 2.11. The third kappa shape index (κ3) is 2.69.